The van der Waals surface area contributed by atoms with Crippen LogP contribution in [0, 0.1) is 5.82 Å². The Morgan fingerprint density at radius 3 is 2.36 bits per heavy atom. The number of nitrogens with two attached hydrogens (primary N) is 1. The fraction of sp³-hybridized carbons (Fsp3) is 0.217. The van der Waals surface area contributed by atoms with Gasteiger partial charge in [0.15, 0.2) is 0 Å². The monoisotopic (exact) mass is 372 g/mol. The third kappa shape index (κ3) is 2.62. The van der Waals surface area contributed by atoms with Crippen LogP contribution in [0.2, 0.25) is 0 Å². The summed E-state index contributed by atoms with van der Waals surface area (Å²) in [6.07, 6.45) is 9.13. The molecule has 1 aromatic carbocycles. The zero-order valence-electron chi connectivity index (χ0n) is 15.5. The van der Waals surface area contributed by atoms with Gasteiger partial charge in [-0.3, -0.25) is 4.98 Å². The Bertz CT molecular complexity index is 1120. The van der Waals surface area contributed by atoms with E-state index in [0.29, 0.717) is 6.54 Å². The third-order valence-electron chi connectivity index (χ3n) is 6.03. The number of nitrogens with zero attached hydrogens (tertiary/aromatic N) is 3. The Hall–Kier alpha value is -3.05. The van der Waals surface area contributed by atoms with Gasteiger partial charge in [-0.05, 0) is 66.4 Å². The van der Waals surface area contributed by atoms with Crippen molar-refractivity contribution in [2.45, 2.75) is 24.7 Å². The average molecular weight is 372 g/mol. The largest absolute Gasteiger partial charge is 0.330 e. The van der Waals surface area contributed by atoms with E-state index in [1.54, 1.807) is 24.5 Å². The molecule has 0 bridgehead atoms. The van der Waals surface area contributed by atoms with E-state index in [-0.39, 0.29) is 11.2 Å². The average Bonchev–Trinajstić information content (AvgIpc) is 3.08. The topological polar surface area (TPSA) is 56.2 Å². The minimum absolute atomic E-state index is 0.0764. The molecule has 1 aliphatic rings. The maximum atomic E-state index is 13.5. The molecule has 0 unspecified atom stereocenters. The molecule has 4 nitrogen and oxygen atoms in total. The summed E-state index contributed by atoms with van der Waals surface area (Å²) in [6.45, 7) is 0.655. The van der Waals surface area contributed by atoms with E-state index >= 15 is 0 Å². The van der Waals surface area contributed by atoms with Crippen molar-refractivity contribution in [3.05, 3.63) is 78.5 Å². The van der Waals surface area contributed by atoms with Crippen LogP contribution < -0.4 is 5.73 Å². The molecule has 0 amide bonds. The van der Waals surface area contributed by atoms with Crippen LogP contribution in [0.5, 0.6) is 0 Å². The van der Waals surface area contributed by atoms with Gasteiger partial charge in [-0.1, -0.05) is 12.5 Å². The summed E-state index contributed by atoms with van der Waals surface area (Å²) in [5.41, 5.74) is 12.2. The van der Waals surface area contributed by atoms with Crippen molar-refractivity contribution in [3.8, 4) is 22.4 Å². The minimum atomic E-state index is -0.255. The molecule has 2 N–H and O–H groups in total. The molecule has 0 atom stereocenters. The highest BCUT2D eigenvalue weighted by Crippen LogP contribution is 2.43. The Labute approximate surface area is 162 Å². The van der Waals surface area contributed by atoms with Crippen LogP contribution in [0.4, 0.5) is 4.39 Å². The predicted octanol–water partition coefficient (Wildman–Crippen LogP) is 4.58. The van der Waals surface area contributed by atoms with E-state index in [0.717, 1.165) is 40.7 Å². The summed E-state index contributed by atoms with van der Waals surface area (Å²) < 4.78 is 15.4. The highest BCUT2D eigenvalue weighted by Gasteiger charge is 2.37. The van der Waals surface area contributed by atoms with Gasteiger partial charge < -0.3 is 5.73 Å². The summed E-state index contributed by atoms with van der Waals surface area (Å²) in [6, 6.07) is 14.8. The molecule has 1 saturated carbocycles. The minimum Gasteiger partial charge on any atom is -0.330 e. The molecule has 4 aromatic rings. The molecule has 140 valence electrons. The summed E-state index contributed by atoms with van der Waals surface area (Å²) in [5.74, 6) is -0.255. The summed E-state index contributed by atoms with van der Waals surface area (Å²) in [7, 11) is 0. The first-order chi connectivity index (χ1) is 13.7. The number of rotatable bonds is 4. The van der Waals surface area contributed by atoms with Gasteiger partial charge >= 0.3 is 0 Å². The van der Waals surface area contributed by atoms with Gasteiger partial charge in [0.05, 0.1) is 5.52 Å². The molecule has 3 aromatic heterocycles. The normalized spacial score (nSPS) is 15.5. The number of fused-ring (bicyclic) bond motifs is 1. The molecule has 28 heavy (non-hydrogen) atoms. The molecule has 1 aliphatic carbocycles. The van der Waals surface area contributed by atoms with Gasteiger partial charge in [0, 0.05) is 41.7 Å². The van der Waals surface area contributed by atoms with Crippen molar-refractivity contribution >= 4 is 5.52 Å². The second-order valence-electron chi connectivity index (χ2n) is 7.55. The molecule has 1 fully saturated rings. The number of pyridine rings is 2. The van der Waals surface area contributed by atoms with Gasteiger partial charge in [-0.25, -0.2) is 8.91 Å². The lowest BCUT2D eigenvalue weighted by atomic mass is 9.65. The van der Waals surface area contributed by atoms with E-state index in [4.69, 9.17) is 10.8 Å². The Kier molecular flexibility index (Phi) is 3.98. The fourth-order valence-corrected chi connectivity index (χ4v) is 4.19. The lowest BCUT2D eigenvalue weighted by Gasteiger charge is -2.41. The van der Waals surface area contributed by atoms with Crippen LogP contribution in [0.15, 0.2) is 67.1 Å². The quantitative estimate of drug-likeness (QED) is 0.570. The predicted molar refractivity (Wildman–Crippen MR) is 108 cm³/mol. The number of benzene rings is 1. The first-order valence-electron chi connectivity index (χ1n) is 9.59. The molecular formula is C23H21FN4. The second kappa shape index (κ2) is 6.53. The smallest absolute Gasteiger partial charge is 0.123 e. The van der Waals surface area contributed by atoms with Gasteiger partial charge in [0.1, 0.15) is 11.5 Å². The zero-order valence-corrected chi connectivity index (χ0v) is 15.5. The first-order valence-corrected chi connectivity index (χ1v) is 9.59. The van der Waals surface area contributed by atoms with Gasteiger partial charge in [0.2, 0.25) is 0 Å². The van der Waals surface area contributed by atoms with Crippen LogP contribution in [0.3, 0.4) is 0 Å². The van der Waals surface area contributed by atoms with Crippen molar-refractivity contribution in [3.63, 3.8) is 0 Å². The van der Waals surface area contributed by atoms with E-state index in [1.165, 1.54) is 24.1 Å². The SMILES string of the molecule is NCC1(c2ccc3c(-c4ccncc4)c(-c4ccc(F)cc4)nn3c2)CCC1. The van der Waals surface area contributed by atoms with Crippen molar-refractivity contribution in [1.82, 2.24) is 14.6 Å². The first kappa shape index (κ1) is 17.1. The molecule has 3 heterocycles. The summed E-state index contributed by atoms with van der Waals surface area (Å²) in [5, 5.41) is 4.89. The van der Waals surface area contributed by atoms with Gasteiger partial charge in [-0.2, -0.15) is 5.10 Å². The Balaban J connectivity index is 1.74. The number of halogens is 1. The maximum Gasteiger partial charge on any atom is 0.123 e. The van der Waals surface area contributed by atoms with Crippen molar-refractivity contribution < 1.29 is 4.39 Å². The molecule has 0 saturated heterocycles. The van der Waals surface area contributed by atoms with E-state index in [2.05, 4.69) is 23.3 Å². The van der Waals surface area contributed by atoms with Crippen molar-refractivity contribution in [2.24, 2.45) is 5.73 Å². The molecule has 5 heteroatoms. The third-order valence-corrected chi connectivity index (χ3v) is 6.03. The number of hydrogen-bond donors (Lipinski definition) is 1. The van der Waals surface area contributed by atoms with Crippen LogP contribution >= 0.6 is 0 Å². The van der Waals surface area contributed by atoms with Crippen LogP contribution in [0.1, 0.15) is 24.8 Å². The van der Waals surface area contributed by atoms with Crippen molar-refractivity contribution in [1.29, 1.82) is 0 Å². The highest BCUT2D eigenvalue weighted by molar-refractivity contribution is 5.92. The lowest BCUT2D eigenvalue weighted by Crippen LogP contribution is -2.41. The number of aromatic nitrogens is 3. The van der Waals surface area contributed by atoms with E-state index in [9.17, 15) is 4.39 Å². The maximum absolute atomic E-state index is 13.5. The fourth-order valence-electron chi connectivity index (χ4n) is 4.19. The zero-order chi connectivity index (χ0) is 19.1. The summed E-state index contributed by atoms with van der Waals surface area (Å²) >= 11 is 0. The standard InChI is InChI=1S/C23H21FN4/c24-19-5-2-17(3-6-19)22-21(16-8-12-26-13-9-16)20-7-4-18(14-28(20)27-22)23(15-25)10-1-11-23/h2-9,12-14H,1,10-11,15,25H2. The molecule has 0 radical (unpaired) electrons. The molecule has 0 aliphatic heterocycles. The van der Waals surface area contributed by atoms with Crippen molar-refractivity contribution in [2.75, 3.05) is 6.54 Å². The van der Waals surface area contributed by atoms with E-state index in [1.807, 2.05) is 16.6 Å². The van der Waals surface area contributed by atoms with Crippen LogP contribution in [0.25, 0.3) is 27.9 Å². The van der Waals surface area contributed by atoms with Gasteiger partial charge in [0.25, 0.3) is 0 Å². The lowest BCUT2D eigenvalue weighted by molar-refractivity contribution is 0.252. The summed E-state index contributed by atoms with van der Waals surface area (Å²) in [4.78, 5) is 4.13. The van der Waals surface area contributed by atoms with Crippen LogP contribution in [-0.2, 0) is 5.41 Å². The Morgan fingerprint density at radius 1 is 0.964 bits per heavy atom. The highest BCUT2D eigenvalue weighted by atomic mass is 19.1. The molecule has 5 rings (SSSR count). The molecule has 0 spiro atoms. The van der Waals surface area contributed by atoms with E-state index < -0.39 is 0 Å². The van der Waals surface area contributed by atoms with Gasteiger partial charge in [-0.15, -0.1) is 0 Å². The second-order valence-corrected chi connectivity index (χ2v) is 7.55. The molecular weight excluding hydrogens is 351 g/mol. The van der Waals surface area contributed by atoms with Crippen LogP contribution in [-0.4, -0.2) is 21.1 Å². The number of hydrogen-bond acceptors (Lipinski definition) is 3. The Morgan fingerprint density at radius 2 is 1.71 bits per heavy atom.